The molecule has 0 unspecified atom stereocenters. The number of benzene rings is 2. The van der Waals surface area contributed by atoms with Gasteiger partial charge in [0.1, 0.15) is 12.4 Å². The second kappa shape index (κ2) is 9.60. The molecule has 170 valence electrons. The van der Waals surface area contributed by atoms with Gasteiger partial charge in [-0.1, -0.05) is 18.9 Å². The Morgan fingerprint density at radius 3 is 2.53 bits per heavy atom. The molecule has 0 bridgehead atoms. The SMILES string of the molecule is O=C(CN1C(=O)CSc2ccc(S(=O)(=O)N3CCCCCC3)cc21)Nc1cccc(F)c1. The predicted molar refractivity (Wildman–Crippen MR) is 122 cm³/mol. The minimum atomic E-state index is -3.70. The Labute approximate surface area is 191 Å². The van der Waals surface area contributed by atoms with Gasteiger partial charge in [-0.25, -0.2) is 12.8 Å². The average molecular weight is 478 g/mol. The lowest BCUT2D eigenvalue weighted by molar-refractivity contribution is -0.120. The Balaban J connectivity index is 1.58. The first kappa shape index (κ1) is 22.8. The molecule has 32 heavy (non-hydrogen) atoms. The van der Waals surface area contributed by atoms with Gasteiger partial charge in [0.15, 0.2) is 0 Å². The van der Waals surface area contributed by atoms with Crippen molar-refractivity contribution in [1.82, 2.24) is 4.31 Å². The van der Waals surface area contributed by atoms with Crippen molar-refractivity contribution in [1.29, 1.82) is 0 Å². The van der Waals surface area contributed by atoms with Gasteiger partial charge in [-0.3, -0.25) is 9.59 Å². The first-order chi connectivity index (χ1) is 15.3. The lowest BCUT2D eigenvalue weighted by Gasteiger charge is -2.29. The van der Waals surface area contributed by atoms with Gasteiger partial charge in [0.2, 0.25) is 21.8 Å². The lowest BCUT2D eigenvalue weighted by Crippen LogP contribution is -2.41. The number of hydrogen-bond acceptors (Lipinski definition) is 5. The number of rotatable bonds is 5. The number of amides is 2. The third-order valence-electron chi connectivity index (χ3n) is 5.49. The summed E-state index contributed by atoms with van der Waals surface area (Å²) in [4.78, 5) is 27.3. The van der Waals surface area contributed by atoms with Crippen LogP contribution in [-0.4, -0.2) is 49.9 Å². The van der Waals surface area contributed by atoms with Crippen LogP contribution in [-0.2, 0) is 19.6 Å². The zero-order valence-corrected chi connectivity index (χ0v) is 19.1. The maximum atomic E-state index is 13.4. The van der Waals surface area contributed by atoms with Crippen molar-refractivity contribution in [3.63, 3.8) is 0 Å². The lowest BCUT2D eigenvalue weighted by atomic mass is 10.2. The Kier molecular flexibility index (Phi) is 6.82. The molecule has 2 aromatic rings. The fraction of sp³-hybridized carbons (Fsp3) is 0.364. The van der Waals surface area contributed by atoms with E-state index in [1.807, 2.05) is 0 Å². The molecule has 0 spiro atoms. The highest BCUT2D eigenvalue weighted by Crippen LogP contribution is 2.37. The third kappa shape index (κ3) is 4.97. The van der Waals surface area contributed by atoms with Crippen LogP contribution in [0.2, 0.25) is 0 Å². The van der Waals surface area contributed by atoms with Gasteiger partial charge in [0.25, 0.3) is 0 Å². The first-order valence-electron chi connectivity index (χ1n) is 10.5. The van der Waals surface area contributed by atoms with Crippen molar-refractivity contribution in [3.8, 4) is 0 Å². The molecule has 1 saturated heterocycles. The van der Waals surface area contributed by atoms with E-state index in [2.05, 4.69) is 5.32 Å². The van der Waals surface area contributed by atoms with Gasteiger partial charge in [-0.05, 0) is 49.2 Å². The summed E-state index contributed by atoms with van der Waals surface area (Å²) in [5, 5.41) is 2.58. The minimum absolute atomic E-state index is 0.115. The Bertz CT molecular complexity index is 1130. The van der Waals surface area contributed by atoms with Crippen LogP contribution >= 0.6 is 11.8 Å². The molecule has 2 aliphatic heterocycles. The van der Waals surface area contributed by atoms with E-state index in [1.54, 1.807) is 18.2 Å². The van der Waals surface area contributed by atoms with Crippen LogP contribution < -0.4 is 10.2 Å². The summed E-state index contributed by atoms with van der Waals surface area (Å²) in [6, 6.07) is 10.2. The molecule has 0 saturated carbocycles. The molecule has 1 N–H and O–H groups in total. The highest BCUT2D eigenvalue weighted by atomic mass is 32.2. The standard InChI is InChI=1S/C22H24FN3O4S2/c23-16-6-5-7-17(12-16)24-21(27)14-26-19-13-18(8-9-20(19)31-15-22(26)28)32(29,30)25-10-3-1-2-4-11-25/h5-9,12-13H,1-4,10-11,14-15H2,(H,24,27). The van der Waals surface area contributed by atoms with Gasteiger partial charge in [-0.2, -0.15) is 4.31 Å². The van der Waals surface area contributed by atoms with Crippen molar-refractivity contribution >= 4 is 45.0 Å². The number of carbonyl (C=O) groups is 2. The molecule has 0 aliphatic carbocycles. The molecule has 2 aliphatic rings. The summed E-state index contributed by atoms with van der Waals surface area (Å²) in [6.07, 6.45) is 3.67. The molecule has 0 aromatic heterocycles. The zero-order chi connectivity index (χ0) is 22.7. The van der Waals surface area contributed by atoms with Crippen LogP contribution in [0.5, 0.6) is 0 Å². The van der Waals surface area contributed by atoms with E-state index in [4.69, 9.17) is 0 Å². The fourth-order valence-corrected chi connectivity index (χ4v) is 6.31. The van der Waals surface area contributed by atoms with E-state index in [9.17, 15) is 22.4 Å². The van der Waals surface area contributed by atoms with Gasteiger partial charge >= 0.3 is 0 Å². The molecule has 4 rings (SSSR count). The quantitative estimate of drug-likeness (QED) is 0.713. The molecule has 2 amide bonds. The van der Waals surface area contributed by atoms with Crippen LogP contribution in [0.25, 0.3) is 0 Å². The molecule has 0 radical (unpaired) electrons. The molecule has 1 fully saturated rings. The fourth-order valence-electron chi connectivity index (χ4n) is 3.86. The number of hydrogen-bond donors (Lipinski definition) is 1. The third-order valence-corrected chi connectivity index (χ3v) is 8.43. The van der Waals surface area contributed by atoms with Gasteiger partial charge in [0.05, 0.1) is 16.3 Å². The van der Waals surface area contributed by atoms with Gasteiger partial charge < -0.3 is 10.2 Å². The van der Waals surface area contributed by atoms with E-state index in [0.717, 1.165) is 30.6 Å². The number of halogens is 1. The Morgan fingerprint density at radius 2 is 1.81 bits per heavy atom. The van der Waals surface area contributed by atoms with E-state index in [1.165, 1.54) is 45.2 Å². The van der Waals surface area contributed by atoms with Crippen LogP contribution in [0, 0.1) is 5.82 Å². The van der Waals surface area contributed by atoms with Gasteiger partial charge in [-0.15, -0.1) is 11.8 Å². The number of anilines is 2. The van der Waals surface area contributed by atoms with Crippen molar-refractivity contribution in [2.24, 2.45) is 0 Å². The van der Waals surface area contributed by atoms with Crippen molar-refractivity contribution in [3.05, 3.63) is 48.3 Å². The number of carbonyl (C=O) groups excluding carboxylic acids is 2. The summed E-state index contributed by atoms with van der Waals surface area (Å²) < 4.78 is 41.3. The summed E-state index contributed by atoms with van der Waals surface area (Å²) >= 11 is 1.31. The number of thioether (sulfide) groups is 1. The smallest absolute Gasteiger partial charge is 0.244 e. The molecule has 2 heterocycles. The number of sulfonamides is 1. The van der Waals surface area contributed by atoms with E-state index in [0.29, 0.717) is 18.8 Å². The molecule has 10 heteroatoms. The topological polar surface area (TPSA) is 86.8 Å². The Morgan fingerprint density at radius 1 is 1.06 bits per heavy atom. The number of nitrogens with zero attached hydrogens (tertiary/aromatic N) is 2. The Hall–Kier alpha value is -2.43. The van der Waals surface area contributed by atoms with E-state index in [-0.39, 0.29) is 28.8 Å². The number of fused-ring (bicyclic) bond motifs is 1. The van der Waals surface area contributed by atoms with Crippen LogP contribution in [0.3, 0.4) is 0 Å². The summed E-state index contributed by atoms with van der Waals surface area (Å²) in [6.45, 7) is 0.663. The molecule has 2 aromatic carbocycles. The van der Waals surface area contributed by atoms with Crippen molar-refractivity contribution in [2.75, 3.05) is 35.6 Å². The molecular formula is C22H24FN3O4S2. The zero-order valence-electron chi connectivity index (χ0n) is 17.4. The van der Waals surface area contributed by atoms with Crippen LogP contribution in [0.15, 0.2) is 52.3 Å². The van der Waals surface area contributed by atoms with Crippen LogP contribution in [0.4, 0.5) is 15.8 Å². The predicted octanol–water partition coefficient (Wildman–Crippen LogP) is 3.47. The summed E-state index contributed by atoms with van der Waals surface area (Å²) in [5.74, 6) is -1.12. The maximum Gasteiger partial charge on any atom is 0.244 e. The average Bonchev–Trinajstić information content (AvgIpc) is 3.06. The van der Waals surface area contributed by atoms with E-state index < -0.39 is 21.7 Å². The monoisotopic (exact) mass is 477 g/mol. The minimum Gasteiger partial charge on any atom is -0.324 e. The first-order valence-corrected chi connectivity index (χ1v) is 12.9. The largest absolute Gasteiger partial charge is 0.324 e. The molecule has 0 atom stereocenters. The molecular weight excluding hydrogens is 453 g/mol. The second-order valence-electron chi connectivity index (χ2n) is 7.77. The number of nitrogens with one attached hydrogen (secondary N) is 1. The highest BCUT2D eigenvalue weighted by Gasteiger charge is 2.31. The normalized spacial score (nSPS) is 17.5. The van der Waals surface area contributed by atoms with Crippen LogP contribution in [0.1, 0.15) is 25.7 Å². The second-order valence-corrected chi connectivity index (χ2v) is 10.7. The van der Waals surface area contributed by atoms with Gasteiger partial charge in [0, 0.05) is 23.7 Å². The maximum absolute atomic E-state index is 13.4. The summed E-state index contributed by atoms with van der Waals surface area (Å²) in [7, 11) is -3.70. The van der Waals surface area contributed by atoms with Crippen molar-refractivity contribution in [2.45, 2.75) is 35.5 Å². The highest BCUT2D eigenvalue weighted by molar-refractivity contribution is 8.00. The summed E-state index contributed by atoms with van der Waals surface area (Å²) in [5.41, 5.74) is 0.683. The molecule has 7 nitrogen and oxygen atoms in total. The van der Waals surface area contributed by atoms with Crippen molar-refractivity contribution < 1.29 is 22.4 Å². The van der Waals surface area contributed by atoms with E-state index >= 15 is 0 Å².